The van der Waals surface area contributed by atoms with E-state index in [1.807, 2.05) is 31.4 Å². The first kappa shape index (κ1) is 13.6. The number of anilines is 1. The Bertz CT molecular complexity index is 553. The summed E-state index contributed by atoms with van der Waals surface area (Å²) in [4.78, 5) is 20.2. The van der Waals surface area contributed by atoms with E-state index in [9.17, 15) is 4.79 Å². The number of nitrogens with two attached hydrogens (primary N) is 1. The van der Waals surface area contributed by atoms with E-state index in [1.54, 1.807) is 12.4 Å². The summed E-state index contributed by atoms with van der Waals surface area (Å²) >= 11 is 1.38. The van der Waals surface area contributed by atoms with E-state index in [-0.39, 0.29) is 11.8 Å². The van der Waals surface area contributed by atoms with Gasteiger partial charge in [-0.1, -0.05) is 13.8 Å². The van der Waals surface area contributed by atoms with Gasteiger partial charge in [-0.05, 0) is 18.1 Å². The summed E-state index contributed by atoms with van der Waals surface area (Å²) in [6.45, 7) is 3.82. The summed E-state index contributed by atoms with van der Waals surface area (Å²) in [7, 11) is 0. The predicted molar refractivity (Wildman–Crippen MR) is 76.8 cm³/mol. The van der Waals surface area contributed by atoms with Crippen molar-refractivity contribution in [1.82, 2.24) is 9.97 Å². The van der Waals surface area contributed by atoms with Crippen molar-refractivity contribution in [2.24, 2.45) is 11.7 Å². The molecule has 5 nitrogen and oxygen atoms in total. The van der Waals surface area contributed by atoms with Crippen LogP contribution >= 0.6 is 11.3 Å². The molecule has 2 heterocycles. The van der Waals surface area contributed by atoms with Crippen molar-refractivity contribution in [2.45, 2.75) is 19.9 Å². The Morgan fingerprint density at radius 2 is 2.26 bits per heavy atom. The van der Waals surface area contributed by atoms with E-state index in [0.717, 1.165) is 11.3 Å². The molecule has 0 aliphatic carbocycles. The van der Waals surface area contributed by atoms with Crippen LogP contribution in [0.5, 0.6) is 0 Å². The molecule has 0 saturated heterocycles. The van der Waals surface area contributed by atoms with Gasteiger partial charge in [0.2, 0.25) is 5.91 Å². The van der Waals surface area contributed by atoms with Gasteiger partial charge < -0.3 is 11.1 Å². The Morgan fingerprint density at radius 3 is 2.89 bits per heavy atom. The normalized spacial score (nSPS) is 12.4. The van der Waals surface area contributed by atoms with Crippen LogP contribution in [0.15, 0.2) is 29.9 Å². The zero-order chi connectivity index (χ0) is 13.8. The van der Waals surface area contributed by atoms with Crippen LogP contribution in [0.2, 0.25) is 0 Å². The molecule has 2 aromatic rings. The summed E-state index contributed by atoms with van der Waals surface area (Å²) in [6, 6.07) is 3.25. The van der Waals surface area contributed by atoms with Crippen molar-refractivity contribution in [2.75, 3.05) is 5.32 Å². The van der Waals surface area contributed by atoms with Crippen molar-refractivity contribution in [3.63, 3.8) is 0 Å². The van der Waals surface area contributed by atoms with Gasteiger partial charge in [0.05, 0.1) is 11.7 Å². The molecule has 0 aliphatic heterocycles. The fourth-order valence-electron chi connectivity index (χ4n) is 1.47. The molecular formula is C13H16N4OS. The van der Waals surface area contributed by atoms with Crippen molar-refractivity contribution >= 4 is 22.4 Å². The third-order valence-corrected chi connectivity index (χ3v) is 3.47. The molecule has 0 saturated carbocycles. The maximum atomic E-state index is 11.8. The first-order chi connectivity index (χ1) is 9.08. The van der Waals surface area contributed by atoms with Gasteiger partial charge in [0.15, 0.2) is 5.13 Å². The van der Waals surface area contributed by atoms with Crippen molar-refractivity contribution in [3.05, 3.63) is 29.9 Å². The van der Waals surface area contributed by atoms with Gasteiger partial charge in [-0.3, -0.25) is 9.78 Å². The first-order valence-corrected chi connectivity index (χ1v) is 6.88. The highest BCUT2D eigenvalue weighted by atomic mass is 32.1. The molecule has 0 radical (unpaired) electrons. The zero-order valence-corrected chi connectivity index (χ0v) is 11.6. The van der Waals surface area contributed by atoms with E-state index >= 15 is 0 Å². The number of carbonyl (C=O) groups excluding carboxylic acids is 1. The van der Waals surface area contributed by atoms with Crippen LogP contribution in [0.1, 0.15) is 13.8 Å². The van der Waals surface area contributed by atoms with Gasteiger partial charge in [-0.15, -0.1) is 11.3 Å². The Balaban J connectivity index is 2.08. The SMILES string of the molecule is CC(C)C(N)C(=O)Nc1nc(-c2cccnc2)cs1. The molecule has 0 aromatic carbocycles. The fourth-order valence-corrected chi connectivity index (χ4v) is 2.19. The van der Waals surface area contributed by atoms with Gasteiger partial charge in [-0.25, -0.2) is 4.98 Å². The van der Waals surface area contributed by atoms with E-state index in [1.165, 1.54) is 11.3 Å². The van der Waals surface area contributed by atoms with Gasteiger partial charge in [0.25, 0.3) is 0 Å². The van der Waals surface area contributed by atoms with E-state index < -0.39 is 6.04 Å². The smallest absolute Gasteiger partial charge is 0.243 e. The highest BCUT2D eigenvalue weighted by Gasteiger charge is 2.18. The quantitative estimate of drug-likeness (QED) is 0.896. The van der Waals surface area contributed by atoms with Crippen molar-refractivity contribution in [1.29, 1.82) is 0 Å². The lowest BCUT2D eigenvalue weighted by molar-refractivity contribution is -0.118. The lowest BCUT2D eigenvalue weighted by Gasteiger charge is -2.13. The Labute approximate surface area is 115 Å². The number of rotatable bonds is 4. The van der Waals surface area contributed by atoms with Crippen LogP contribution in [-0.2, 0) is 4.79 Å². The minimum Gasteiger partial charge on any atom is -0.320 e. The molecule has 0 spiro atoms. The lowest BCUT2D eigenvalue weighted by atomic mass is 10.1. The molecule has 2 rings (SSSR count). The molecule has 1 atom stereocenters. The third-order valence-electron chi connectivity index (χ3n) is 2.71. The minimum atomic E-state index is -0.522. The largest absolute Gasteiger partial charge is 0.320 e. The maximum Gasteiger partial charge on any atom is 0.243 e. The number of pyridine rings is 1. The van der Waals surface area contributed by atoms with Gasteiger partial charge >= 0.3 is 0 Å². The summed E-state index contributed by atoms with van der Waals surface area (Å²) in [5.74, 6) is -0.111. The Kier molecular flexibility index (Phi) is 4.24. The molecule has 2 aromatic heterocycles. The average Bonchev–Trinajstić information content (AvgIpc) is 2.87. The fraction of sp³-hybridized carbons (Fsp3) is 0.308. The number of hydrogen-bond acceptors (Lipinski definition) is 5. The summed E-state index contributed by atoms with van der Waals surface area (Å²) in [6.07, 6.45) is 3.45. The lowest BCUT2D eigenvalue weighted by Crippen LogP contribution is -2.39. The molecule has 1 unspecified atom stereocenters. The van der Waals surface area contributed by atoms with E-state index in [0.29, 0.717) is 5.13 Å². The molecule has 0 bridgehead atoms. The molecule has 6 heteroatoms. The second-order valence-electron chi connectivity index (χ2n) is 4.54. The van der Waals surface area contributed by atoms with Gasteiger partial charge in [0, 0.05) is 23.3 Å². The molecular weight excluding hydrogens is 260 g/mol. The number of amides is 1. The molecule has 0 fully saturated rings. The second kappa shape index (κ2) is 5.90. The highest BCUT2D eigenvalue weighted by molar-refractivity contribution is 7.14. The Morgan fingerprint density at radius 1 is 1.47 bits per heavy atom. The highest BCUT2D eigenvalue weighted by Crippen LogP contribution is 2.24. The monoisotopic (exact) mass is 276 g/mol. The van der Waals surface area contributed by atoms with E-state index in [2.05, 4.69) is 15.3 Å². The number of hydrogen-bond donors (Lipinski definition) is 2. The summed E-state index contributed by atoms with van der Waals surface area (Å²) < 4.78 is 0. The molecule has 3 N–H and O–H groups in total. The standard InChI is InChI=1S/C13H16N4OS/c1-8(2)11(14)12(18)17-13-16-10(7-19-13)9-4-3-5-15-6-9/h3-8,11H,14H2,1-2H3,(H,16,17,18). The van der Waals surface area contributed by atoms with Crippen LogP contribution in [0.25, 0.3) is 11.3 Å². The van der Waals surface area contributed by atoms with Crippen LogP contribution < -0.4 is 11.1 Å². The van der Waals surface area contributed by atoms with Crippen LogP contribution in [-0.4, -0.2) is 21.9 Å². The Hall–Kier alpha value is -1.79. The zero-order valence-electron chi connectivity index (χ0n) is 10.8. The summed E-state index contributed by atoms with van der Waals surface area (Å²) in [5.41, 5.74) is 7.50. The molecule has 1 amide bonds. The minimum absolute atomic E-state index is 0.0951. The van der Waals surface area contributed by atoms with Gasteiger partial charge in [-0.2, -0.15) is 0 Å². The molecule has 100 valence electrons. The second-order valence-corrected chi connectivity index (χ2v) is 5.40. The van der Waals surface area contributed by atoms with Crippen LogP contribution in [0.3, 0.4) is 0 Å². The third kappa shape index (κ3) is 3.36. The van der Waals surface area contributed by atoms with Crippen molar-refractivity contribution in [3.8, 4) is 11.3 Å². The number of thiazole rings is 1. The predicted octanol–water partition coefficient (Wildman–Crippen LogP) is 2.13. The van der Waals surface area contributed by atoms with Gasteiger partial charge in [0.1, 0.15) is 0 Å². The summed E-state index contributed by atoms with van der Waals surface area (Å²) in [5, 5.41) is 5.17. The van der Waals surface area contributed by atoms with E-state index in [4.69, 9.17) is 5.73 Å². The number of nitrogens with one attached hydrogen (secondary N) is 1. The topological polar surface area (TPSA) is 80.9 Å². The number of nitrogens with zero attached hydrogens (tertiary/aromatic N) is 2. The number of aromatic nitrogens is 2. The first-order valence-electron chi connectivity index (χ1n) is 6.00. The molecule has 0 aliphatic rings. The number of carbonyl (C=O) groups is 1. The molecule has 19 heavy (non-hydrogen) atoms. The average molecular weight is 276 g/mol. The van der Waals surface area contributed by atoms with Crippen LogP contribution in [0.4, 0.5) is 5.13 Å². The van der Waals surface area contributed by atoms with Crippen LogP contribution in [0, 0.1) is 5.92 Å². The maximum absolute atomic E-state index is 11.8. The van der Waals surface area contributed by atoms with Crippen molar-refractivity contribution < 1.29 is 4.79 Å².